The van der Waals surface area contributed by atoms with Crippen LogP contribution in [0.1, 0.15) is 200 Å². The van der Waals surface area contributed by atoms with Crippen molar-refractivity contribution in [1.29, 1.82) is 0 Å². The van der Waals surface area contributed by atoms with Crippen molar-refractivity contribution in [3.05, 3.63) is 12.2 Å². The molecule has 0 aromatic carbocycles. The van der Waals surface area contributed by atoms with Crippen molar-refractivity contribution < 1.29 is 20.1 Å². The molecule has 5 heteroatoms. The first-order valence-electron chi connectivity index (χ1n) is 19.0. The Kier molecular flexibility index (Phi) is 33.3. The summed E-state index contributed by atoms with van der Waals surface area (Å²) in [6.45, 7) is 4.17. The summed E-state index contributed by atoms with van der Waals surface area (Å²) in [5.41, 5.74) is 0. The predicted octanol–water partition coefficient (Wildman–Crippen LogP) is 10.1. The van der Waals surface area contributed by atoms with Gasteiger partial charge in [0.15, 0.2) is 0 Å². The number of aliphatic hydroxyl groups excluding tert-OH is 3. The van der Waals surface area contributed by atoms with Gasteiger partial charge in [-0.2, -0.15) is 0 Å². The van der Waals surface area contributed by atoms with Gasteiger partial charge in [0.05, 0.1) is 18.8 Å². The highest BCUT2D eigenvalue weighted by Gasteiger charge is 2.22. The molecule has 0 aromatic rings. The van der Waals surface area contributed by atoms with E-state index >= 15 is 0 Å². The summed E-state index contributed by atoms with van der Waals surface area (Å²) >= 11 is 0. The van der Waals surface area contributed by atoms with Gasteiger partial charge in [-0.25, -0.2) is 0 Å². The lowest BCUT2D eigenvalue weighted by Gasteiger charge is -2.21. The fourth-order valence-electron chi connectivity index (χ4n) is 5.83. The normalized spacial score (nSPS) is 13.9. The number of aliphatic hydroxyl groups is 3. The van der Waals surface area contributed by atoms with Crippen LogP contribution in [0.5, 0.6) is 0 Å². The minimum atomic E-state index is -1.09. The van der Waals surface area contributed by atoms with Crippen LogP contribution in [0.2, 0.25) is 0 Å². The Balaban J connectivity index is 3.71. The fraction of sp³-hybridized carbons (Fsp3) is 0.921. The quantitative estimate of drug-likeness (QED) is 0.0432. The van der Waals surface area contributed by atoms with E-state index in [-0.39, 0.29) is 6.61 Å². The molecule has 0 aliphatic rings. The van der Waals surface area contributed by atoms with Gasteiger partial charge in [0.1, 0.15) is 6.10 Å². The summed E-state index contributed by atoms with van der Waals surface area (Å²) in [6, 6.07) is -0.790. The topological polar surface area (TPSA) is 89.8 Å². The monoisotopic (exact) mass is 610 g/mol. The van der Waals surface area contributed by atoms with Gasteiger partial charge in [0, 0.05) is 0 Å². The Hall–Kier alpha value is -0.910. The van der Waals surface area contributed by atoms with Gasteiger partial charge in [-0.05, 0) is 19.3 Å². The van der Waals surface area contributed by atoms with Gasteiger partial charge in [-0.3, -0.25) is 4.79 Å². The van der Waals surface area contributed by atoms with E-state index in [1.165, 1.54) is 148 Å². The molecular formula is C38H75NO4. The van der Waals surface area contributed by atoms with Crippen LogP contribution in [0, 0.1) is 0 Å². The third kappa shape index (κ3) is 29.6. The van der Waals surface area contributed by atoms with Gasteiger partial charge in [-0.1, -0.05) is 193 Å². The maximum absolute atomic E-state index is 12.4. The molecule has 256 valence electrons. The highest BCUT2D eigenvalue weighted by molar-refractivity contribution is 5.80. The molecule has 0 heterocycles. The molecule has 3 unspecified atom stereocenters. The van der Waals surface area contributed by atoms with Crippen LogP contribution < -0.4 is 5.32 Å². The number of carbonyl (C=O) groups excluding carboxylic acids is 1. The first-order chi connectivity index (χ1) is 21.1. The standard InChI is InChI=1S/C38H75NO4/c1-3-5-7-9-11-13-15-17-18-19-20-21-23-24-26-28-30-32-36(41)35(34-40)39-38(43)37(42)33-31-29-27-25-22-16-14-12-10-8-6-4-2/h30,32,35-37,40-42H,3-29,31,33-34H2,1-2H3,(H,39,43)/b32-30+. The number of hydrogen-bond donors (Lipinski definition) is 4. The molecule has 0 aromatic heterocycles. The summed E-state index contributed by atoms with van der Waals surface area (Å²) in [5.74, 6) is -0.503. The van der Waals surface area contributed by atoms with Crippen LogP contribution in [0.4, 0.5) is 0 Å². The Morgan fingerprint density at radius 3 is 1.28 bits per heavy atom. The molecular weight excluding hydrogens is 534 g/mol. The van der Waals surface area contributed by atoms with E-state index < -0.39 is 24.2 Å². The molecule has 3 atom stereocenters. The summed E-state index contributed by atoms with van der Waals surface area (Å²) in [5, 5.41) is 32.9. The molecule has 0 bridgehead atoms. The second-order valence-electron chi connectivity index (χ2n) is 13.1. The largest absolute Gasteiger partial charge is 0.394 e. The zero-order valence-electron chi connectivity index (χ0n) is 28.8. The van der Waals surface area contributed by atoms with E-state index in [9.17, 15) is 20.1 Å². The minimum absolute atomic E-state index is 0.360. The minimum Gasteiger partial charge on any atom is -0.394 e. The van der Waals surface area contributed by atoms with Crippen molar-refractivity contribution in [2.24, 2.45) is 0 Å². The maximum Gasteiger partial charge on any atom is 0.249 e. The van der Waals surface area contributed by atoms with Crippen LogP contribution in [0.3, 0.4) is 0 Å². The number of rotatable bonds is 34. The summed E-state index contributed by atoms with van der Waals surface area (Å²) in [7, 11) is 0. The molecule has 0 fully saturated rings. The molecule has 1 amide bonds. The van der Waals surface area contributed by atoms with Crippen molar-refractivity contribution in [2.75, 3.05) is 6.61 Å². The van der Waals surface area contributed by atoms with Gasteiger partial charge in [0.2, 0.25) is 5.91 Å². The predicted molar refractivity (Wildman–Crippen MR) is 185 cm³/mol. The molecule has 0 saturated carbocycles. The summed E-state index contributed by atoms with van der Waals surface area (Å²) < 4.78 is 0. The number of nitrogens with one attached hydrogen (secondary N) is 1. The van der Waals surface area contributed by atoms with Crippen LogP contribution in [-0.2, 0) is 4.79 Å². The van der Waals surface area contributed by atoms with E-state index in [1.807, 2.05) is 6.08 Å². The molecule has 0 saturated heterocycles. The van der Waals surface area contributed by atoms with E-state index in [4.69, 9.17) is 0 Å². The number of amides is 1. The Morgan fingerprint density at radius 1 is 0.558 bits per heavy atom. The molecule has 0 aliphatic carbocycles. The molecule has 5 nitrogen and oxygen atoms in total. The fourth-order valence-corrected chi connectivity index (χ4v) is 5.83. The van der Waals surface area contributed by atoms with Crippen molar-refractivity contribution in [1.82, 2.24) is 5.32 Å². The van der Waals surface area contributed by atoms with Crippen molar-refractivity contribution in [3.63, 3.8) is 0 Å². The Labute approximate surface area is 268 Å². The molecule has 0 rings (SSSR count). The SMILES string of the molecule is CCCCCCCCCCCCCCCCC/C=C/C(O)C(CO)NC(=O)C(O)CCCCCCCCCCCCCC. The molecule has 4 N–H and O–H groups in total. The number of allylic oxidation sites excluding steroid dienone is 1. The number of hydrogen-bond acceptors (Lipinski definition) is 4. The second kappa shape index (κ2) is 34.0. The first-order valence-corrected chi connectivity index (χ1v) is 19.0. The number of carbonyl (C=O) groups is 1. The third-order valence-corrected chi connectivity index (χ3v) is 8.88. The molecule has 43 heavy (non-hydrogen) atoms. The van der Waals surface area contributed by atoms with Gasteiger partial charge in [0.25, 0.3) is 0 Å². The Bertz CT molecular complexity index is 596. The summed E-state index contributed by atoms with van der Waals surface area (Å²) in [6.07, 6.45) is 38.0. The highest BCUT2D eigenvalue weighted by Crippen LogP contribution is 2.15. The molecule has 0 radical (unpaired) electrons. The van der Waals surface area contributed by atoms with E-state index in [0.29, 0.717) is 6.42 Å². The van der Waals surface area contributed by atoms with E-state index in [2.05, 4.69) is 19.2 Å². The average Bonchev–Trinajstić information content (AvgIpc) is 3.01. The zero-order chi connectivity index (χ0) is 31.6. The maximum atomic E-state index is 12.4. The van der Waals surface area contributed by atoms with Crippen LogP contribution in [-0.4, -0.2) is 46.1 Å². The third-order valence-electron chi connectivity index (χ3n) is 8.88. The van der Waals surface area contributed by atoms with Crippen molar-refractivity contribution in [2.45, 2.75) is 218 Å². The average molecular weight is 610 g/mol. The van der Waals surface area contributed by atoms with E-state index in [0.717, 1.165) is 32.1 Å². The highest BCUT2D eigenvalue weighted by atomic mass is 16.3. The lowest BCUT2D eigenvalue weighted by molar-refractivity contribution is -0.131. The summed E-state index contributed by atoms with van der Waals surface area (Å²) in [4.78, 5) is 12.4. The van der Waals surface area contributed by atoms with Crippen molar-refractivity contribution >= 4 is 5.91 Å². The zero-order valence-corrected chi connectivity index (χ0v) is 28.8. The smallest absolute Gasteiger partial charge is 0.249 e. The van der Waals surface area contributed by atoms with Crippen LogP contribution >= 0.6 is 0 Å². The number of unbranched alkanes of at least 4 members (excludes halogenated alkanes) is 26. The lowest BCUT2D eigenvalue weighted by Crippen LogP contribution is -2.48. The first kappa shape index (κ1) is 42.1. The van der Waals surface area contributed by atoms with E-state index in [1.54, 1.807) is 6.08 Å². The molecule has 0 aliphatic heterocycles. The Morgan fingerprint density at radius 2 is 0.907 bits per heavy atom. The van der Waals surface area contributed by atoms with Gasteiger partial charge >= 0.3 is 0 Å². The van der Waals surface area contributed by atoms with Crippen LogP contribution in [0.15, 0.2) is 12.2 Å². The van der Waals surface area contributed by atoms with Crippen LogP contribution in [0.25, 0.3) is 0 Å². The van der Waals surface area contributed by atoms with Gasteiger partial charge < -0.3 is 20.6 Å². The lowest BCUT2D eigenvalue weighted by atomic mass is 10.0. The van der Waals surface area contributed by atoms with Crippen molar-refractivity contribution in [3.8, 4) is 0 Å². The second-order valence-corrected chi connectivity index (χ2v) is 13.1. The van der Waals surface area contributed by atoms with Gasteiger partial charge in [-0.15, -0.1) is 0 Å². The molecule has 0 spiro atoms.